The molecular formula is C31H36N2O4. The average Bonchev–Trinajstić information content (AvgIpc) is 2.96. The molecule has 5 rings (SSSR count). The van der Waals surface area contributed by atoms with Crippen LogP contribution in [0.3, 0.4) is 0 Å². The Morgan fingerprint density at radius 1 is 0.892 bits per heavy atom. The molecule has 2 aliphatic rings. The quantitative estimate of drug-likeness (QED) is 0.435. The first-order valence-electron chi connectivity index (χ1n) is 13.3. The molecular weight excluding hydrogens is 464 g/mol. The molecule has 0 unspecified atom stereocenters. The molecule has 37 heavy (non-hydrogen) atoms. The summed E-state index contributed by atoms with van der Waals surface area (Å²) in [5, 5.41) is 12.4. The number of carbonyl (C=O) groups excluding carboxylic acids is 1. The molecule has 2 heterocycles. The molecule has 4 atom stereocenters. The van der Waals surface area contributed by atoms with Crippen LogP contribution in [0.5, 0.6) is 0 Å². The highest BCUT2D eigenvalue weighted by atomic mass is 16.7. The summed E-state index contributed by atoms with van der Waals surface area (Å²) in [4.78, 5) is 15.0. The molecule has 0 aliphatic carbocycles. The van der Waals surface area contributed by atoms with Gasteiger partial charge in [0.05, 0.1) is 18.8 Å². The Balaban J connectivity index is 1.34. The number of benzene rings is 3. The van der Waals surface area contributed by atoms with Gasteiger partial charge in [0, 0.05) is 29.3 Å². The van der Waals surface area contributed by atoms with E-state index in [2.05, 4.69) is 29.3 Å². The Morgan fingerprint density at radius 2 is 1.57 bits per heavy atom. The third kappa shape index (κ3) is 6.28. The number of amides is 1. The third-order valence-electron chi connectivity index (χ3n) is 7.49. The zero-order chi connectivity index (χ0) is 25.6. The minimum Gasteiger partial charge on any atom is -0.392 e. The van der Waals surface area contributed by atoms with Gasteiger partial charge in [-0.25, -0.2) is 0 Å². The van der Waals surface area contributed by atoms with Gasteiger partial charge in [-0.1, -0.05) is 67.9 Å². The van der Waals surface area contributed by atoms with Gasteiger partial charge in [-0.15, -0.1) is 0 Å². The number of anilines is 1. The molecule has 6 nitrogen and oxygen atoms in total. The number of nitrogens with zero attached hydrogens (tertiary/aromatic N) is 1. The van der Waals surface area contributed by atoms with Crippen LogP contribution in [0.1, 0.15) is 65.6 Å². The summed E-state index contributed by atoms with van der Waals surface area (Å²) in [5.74, 6) is 0.0305. The smallest absolute Gasteiger partial charge is 0.255 e. The lowest BCUT2D eigenvalue weighted by Crippen LogP contribution is -2.45. The summed E-state index contributed by atoms with van der Waals surface area (Å²) in [7, 11) is 0. The van der Waals surface area contributed by atoms with Crippen molar-refractivity contribution in [3.05, 3.63) is 101 Å². The van der Waals surface area contributed by atoms with E-state index in [0.29, 0.717) is 5.56 Å². The molecule has 0 spiro atoms. The Morgan fingerprint density at radius 3 is 2.24 bits per heavy atom. The summed E-state index contributed by atoms with van der Waals surface area (Å²) in [6.07, 6.45) is 3.17. The molecule has 6 heteroatoms. The van der Waals surface area contributed by atoms with Crippen LogP contribution in [0.15, 0.2) is 78.9 Å². The first-order chi connectivity index (χ1) is 18.1. The fourth-order valence-corrected chi connectivity index (χ4v) is 5.24. The standard InChI is InChI=1S/C31H36N2O4/c1-22-28(20-33-18-6-3-7-19-33)36-31(37-29(22)24-12-10-23(21-34)11-13-24)26-14-16-27(17-15-26)32-30(35)25-8-4-2-5-9-25/h2,4-5,8-17,22,28-29,31,34H,3,6-7,18-21H2,1H3,(H,32,35)/t22-,28+,29+,31+/m0/s1. The van der Waals surface area contributed by atoms with E-state index in [1.54, 1.807) is 12.1 Å². The van der Waals surface area contributed by atoms with Gasteiger partial charge in [0.15, 0.2) is 6.29 Å². The van der Waals surface area contributed by atoms with Crippen molar-refractivity contribution in [3.63, 3.8) is 0 Å². The van der Waals surface area contributed by atoms with Gasteiger partial charge < -0.3 is 24.8 Å². The maximum Gasteiger partial charge on any atom is 0.255 e. The molecule has 0 bridgehead atoms. The Hall–Kier alpha value is -3.03. The number of carbonyl (C=O) groups is 1. The van der Waals surface area contributed by atoms with Gasteiger partial charge in [-0.05, 0) is 61.3 Å². The lowest BCUT2D eigenvalue weighted by molar-refractivity contribution is -0.276. The number of piperidine rings is 1. The van der Waals surface area contributed by atoms with E-state index in [0.717, 1.165) is 42.0 Å². The van der Waals surface area contributed by atoms with Crippen molar-refractivity contribution < 1.29 is 19.4 Å². The molecule has 0 saturated carbocycles. The number of nitrogens with one attached hydrogen (secondary N) is 1. The van der Waals surface area contributed by atoms with Crippen molar-refractivity contribution >= 4 is 11.6 Å². The highest BCUT2D eigenvalue weighted by Crippen LogP contribution is 2.42. The third-order valence-corrected chi connectivity index (χ3v) is 7.49. The first-order valence-corrected chi connectivity index (χ1v) is 13.3. The minimum absolute atomic E-state index is 0.0248. The van der Waals surface area contributed by atoms with Crippen LogP contribution >= 0.6 is 0 Å². The number of rotatable bonds is 7. The SMILES string of the molecule is C[C@H]1[C@@H](CN2CCCCC2)O[C@@H](c2ccc(NC(=O)c3ccccc3)cc2)O[C@H]1c1ccc(CO)cc1. The van der Waals surface area contributed by atoms with Crippen LogP contribution in [0.2, 0.25) is 0 Å². The Bertz CT molecular complexity index is 1140. The van der Waals surface area contributed by atoms with E-state index < -0.39 is 6.29 Å². The van der Waals surface area contributed by atoms with Gasteiger partial charge in [0.1, 0.15) is 0 Å². The summed E-state index contributed by atoms with van der Waals surface area (Å²) >= 11 is 0. The predicted octanol–water partition coefficient (Wildman–Crippen LogP) is 5.71. The average molecular weight is 501 g/mol. The number of hydrogen-bond donors (Lipinski definition) is 2. The van der Waals surface area contributed by atoms with Crippen LogP contribution in [0.4, 0.5) is 5.69 Å². The number of hydrogen-bond acceptors (Lipinski definition) is 5. The van der Waals surface area contributed by atoms with Crippen LogP contribution in [-0.4, -0.2) is 41.7 Å². The van der Waals surface area contributed by atoms with E-state index in [4.69, 9.17) is 9.47 Å². The van der Waals surface area contributed by atoms with E-state index >= 15 is 0 Å². The highest BCUT2D eigenvalue weighted by Gasteiger charge is 2.39. The van der Waals surface area contributed by atoms with Crippen LogP contribution in [0.25, 0.3) is 0 Å². The lowest BCUT2D eigenvalue weighted by Gasteiger charge is -2.43. The molecule has 0 radical (unpaired) electrons. The lowest BCUT2D eigenvalue weighted by atomic mass is 9.89. The molecule has 2 aliphatic heterocycles. The second-order valence-electron chi connectivity index (χ2n) is 10.1. The normalized spacial score (nSPS) is 24.5. The van der Waals surface area contributed by atoms with E-state index in [9.17, 15) is 9.90 Å². The summed E-state index contributed by atoms with van der Waals surface area (Å²) in [5.41, 5.74) is 4.24. The topological polar surface area (TPSA) is 71.0 Å². The molecule has 3 aromatic rings. The number of likely N-dealkylation sites (tertiary alicyclic amines) is 1. The number of ether oxygens (including phenoxy) is 2. The zero-order valence-corrected chi connectivity index (χ0v) is 21.4. The number of aliphatic hydroxyl groups is 1. The van der Waals surface area contributed by atoms with Gasteiger partial charge in [-0.2, -0.15) is 0 Å². The van der Waals surface area contributed by atoms with E-state index in [1.807, 2.05) is 54.6 Å². The van der Waals surface area contributed by atoms with Crippen molar-refractivity contribution in [1.29, 1.82) is 0 Å². The van der Waals surface area contributed by atoms with Crippen LogP contribution in [0, 0.1) is 5.92 Å². The largest absolute Gasteiger partial charge is 0.392 e. The molecule has 194 valence electrons. The second kappa shape index (κ2) is 12.0. The van der Waals surface area contributed by atoms with Gasteiger partial charge in [-0.3, -0.25) is 4.79 Å². The van der Waals surface area contributed by atoms with Crippen molar-refractivity contribution in [2.45, 2.75) is 51.3 Å². The summed E-state index contributed by atoms with van der Waals surface area (Å²) in [6.45, 7) is 5.35. The molecule has 2 saturated heterocycles. The van der Waals surface area contributed by atoms with E-state index in [1.165, 1.54) is 19.3 Å². The minimum atomic E-state index is -0.507. The molecule has 2 N–H and O–H groups in total. The van der Waals surface area contributed by atoms with Crippen LogP contribution in [-0.2, 0) is 16.1 Å². The second-order valence-corrected chi connectivity index (χ2v) is 10.1. The zero-order valence-electron chi connectivity index (χ0n) is 21.4. The Kier molecular flexibility index (Phi) is 8.31. The fourth-order valence-electron chi connectivity index (χ4n) is 5.24. The van der Waals surface area contributed by atoms with Crippen molar-refractivity contribution in [3.8, 4) is 0 Å². The first kappa shape index (κ1) is 25.6. The molecule has 1 amide bonds. The van der Waals surface area contributed by atoms with Crippen molar-refractivity contribution in [1.82, 2.24) is 4.90 Å². The highest BCUT2D eigenvalue weighted by molar-refractivity contribution is 6.04. The number of aliphatic hydroxyl groups excluding tert-OH is 1. The molecule has 2 fully saturated rings. The maximum absolute atomic E-state index is 12.5. The fraction of sp³-hybridized carbons (Fsp3) is 0.387. The Labute approximate surface area is 219 Å². The van der Waals surface area contributed by atoms with Gasteiger partial charge in [0.2, 0.25) is 0 Å². The van der Waals surface area contributed by atoms with Gasteiger partial charge in [0.25, 0.3) is 5.91 Å². The van der Waals surface area contributed by atoms with Gasteiger partial charge >= 0.3 is 0 Å². The summed E-state index contributed by atoms with van der Waals surface area (Å²) in [6, 6.07) is 24.9. The van der Waals surface area contributed by atoms with Crippen molar-refractivity contribution in [2.75, 3.05) is 25.0 Å². The van der Waals surface area contributed by atoms with E-state index in [-0.39, 0.29) is 30.6 Å². The predicted molar refractivity (Wildman–Crippen MR) is 144 cm³/mol. The molecule has 3 aromatic carbocycles. The maximum atomic E-state index is 12.5. The van der Waals surface area contributed by atoms with Crippen LogP contribution < -0.4 is 5.32 Å². The molecule has 0 aromatic heterocycles. The van der Waals surface area contributed by atoms with Crippen molar-refractivity contribution in [2.24, 2.45) is 5.92 Å². The summed E-state index contributed by atoms with van der Waals surface area (Å²) < 4.78 is 13.1. The monoisotopic (exact) mass is 500 g/mol.